The van der Waals surface area contributed by atoms with Gasteiger partial charge in [-0.3, -0.25) is 10.4 Å². The first kappa shape index (κ1) is 21.5. The van der Waals surface area contributed by atoms with Crippen molar-refractivity contribution in [2.24, 2.45) is 10.7 Å². The summed E-state index contributed by atoms with van der Waals surface area (Å²) in [6.07, 6.45) is 10.2. The Morgan fingerprint density at radius 3 is 2.69 bits per heavy atom. The Kier molecular flexibility index (Phi) is 9.17. The van der Waals surface area contributed by atoms with Crippen LogP contribution in [0.2, 0.25) is 0 Å². The highest BCUT2D eigenvalue weighted by Gasteiger charge is 2.11. The van der Waals surface area contributed by atoms with Crippen LogP contribution in [0.5, 0.6) is 0 Å². The summed E-state index contributed by atoms with van der Waals surface area (Å²) in [4.78, 5) is 4.00. The molecule has 0 aliphatic heterocycles. The van der Waals surface area contributed by atoms with Crippen LogP contribution in [0.25, 0.3) is 0 Å². The molecule has 0 heterocycles. The third kappa shape index (κ3) is 6.05. The molecule has 1 rings (SSSR count). The summed E-state index contributed by atoms with van der Waals surface area (Å²) in [5, 5.41) is 8.47. The lowest BCUT2D eigenvalue weighted by Crippen LogP contribution is -2.09. The predicted molar refractivity (Wildman–Crippen MR) is 115 cm³/mol. The molecular formula is C21H27ClN4. The number of aliphatic imine (C=N–C) groups is 1. The van der Waals surface area contributed by atoms with Gasteiger partial charge in [-0.15, -0.1) is 11.6 Å². The molecule has 0 saturated carbocycles. The van der Waals surface area contributed by atoms with Gasteiger partial charge in [0.25, 0.3) is 0 Å². The minimum absolute atomic E-state index is 0.324. The summed E-state index contributed by atoms with van der Waals surface area (Å²) >= 11 is 5.85. The second kappa shape index (κ2) is 11.1. The molecule has 138 valence electrons. The van der Waals surface area contributed by atoms with E-state index in [4.69, 9.17) is 28.5 Å². The number of hydrogen-bond acceptors (Lipinski definition) is 4. The zero-order valence-corrected chi connectivity index (χ0v) is 16.2. The van der Waals surface area contributed by atoms with Gasteiger partial charge in [0.15, 0.2) is 0 Å². The monoisotopic (exact) mass is 370 g/mol. The smallest absolute Gasteiger partial charge is 0.0720 e. The number of rotatable bonds is 9. The van der Waals surface area contributed by atoms with Crippen LogP contribution >= 0.6 is 11.6 Å². The number of allylic oxidation sites excluding steroid dienone is 6. The molecule has 4 nitrogen and oxygen atoms in total. The summed E-state index contributed by atoms with van der Waals surface area (Å²) in [5.41, 5.74) is 17.2. The van der Waals surface area contributed by atoms with Gasteiger partial charge in [-0.2, -0.15) is 0 Å². The van der Waals surface area contributed by atoms with Crippen LogP contribution in [0.3, 0.4) is 0 Å². The molecule has 5 N–H and O–H groups in total. The largest absolute Gasteiger partial charge is 0.404 e. The number of nitrogens with zero attached hydrogens (tertiary/aromatic N) is 1. The third-order valence-corrected chi connectivity index (χ3v) is 4.16. The summed E-state index contributed by atoms with van der Waals surface area (Å²) in [7, 11) is 1.67. The number of alkyl halides is 1. The predicted octanol–water partition coefficient (Wildman–Crippen LogP) is 4.41. The van der Waals surface area contributed by atoms with Gasteiger partial charge in [0.2, 0.25) is 0 Å². The second-order valence-corrected chi connectivity index (χ2v) is 6.08. The molecule has 5 heteroatoms. The van der Waals surface area contributed by atoms with Gasteiger partial charge in [-0.1, -0.05) is 30.9 Å². The fourth-order valence-corrected chi connectivity index (χ4v) is 2.71. The molecule has 0 spiro atoms. The number of nitrogen functional groups attached to an aromatic ring is 1. The average molecular weight is 371 g/mol. The SMILES string of the molecule is C=C/C=C(\C=N/C)C(=N)c1cc(CCC(=C/CCl)/C(C)=C\N)ccc1N. The number of anilines is 1. The molecule has 0 atom stereocenters. The highest BCUT2D eigenvalue weighted by atomic mass is 35.5. The fourth-order valence-electron chi connectivity index (χ4n) is 2.53. The molecule has 0 radical (unpaired) electrons. The van der Waals surface area contributed by atoms with Crippen molar-refractivity contribution in [2.45, 2.75) is 19.8 Å². The van der Waals surface area contributed by atoms with E-state index in [1.54, 1.807) is 31.6 Å². The third-order valence-electron chi connectivity index (χ3n) is 4.00. The van der Waals surface area contributed by atoms with E-state index in [2.05, 4.69) is 11.6 Å². The van der Waals surface area contributed by atoms with Crippen molar-refractivity contribution in [3.05, 3.63) is 77.1 Å². The Hall–Kier alpha value is -2.59. The van der Waals surface area contributed by atoms with Crippen molar-refractivity contribution in [1.29, 1.82) is 5.41 Å². The number of aryl methyl sites for hydroxylation is 1. The standard InChI is InChI=1S/C21H27ClN4/c1-4-5-18(14-26-3)21(25)19-12-16(7-9-20(19)24)6-8-17(10-11-22)15(2)13-23/h4-5,7,9-10,12-14,25H,1,6,8,11,23-24H2,2-3H3/b15-13-,17-10-,18-5+,25-21?,26-14-. The molecule has 0 aliphatic rings. The molecular weight excluding hydrogens is 344 g/mol. The first-order valence-electron chi connectivity index (χ1n) is 8.34. The van der Waals surface area contributed by atoms with Gasteiger partial charge >= 0.3 is 0 Å². The molecule has 0 bridgehead atoms. The van der Waals surface area contributed by atoms with Gasteiger partial charge in [-0.05, 0) is 54.8 Å². The highest BCUT2D eigenvalue weighted by Crippen LogP contribution is 2.21. The molecule has 1 aromatic carbocycles. The van der Waals surface area contributed by atoms with Crippen molar-refractivity contribution in [2.75, 3.05) is 18.7 Å². The molecule has 0 aliphatic carbocycles. The quantitative estimate of drug-likeness (QED) is 0.260. The van der Waals surface area contributed by atoms with Crippen molar-refractivity contribution >= 4 is 29.2 Å². The summed E-state index contributed by atoms with van der Waals surface area (Å²) in [5.74, 6) is 0.449. The Balaban J connectivity index is 3.10. The number of nitrogens with one attached hydrogen (secondary N) is 1. The molecule has 0 amide bonds. The van der Waals surface area contributed by atoms with Gasteiger partial charge in [-0.25, -0.2) is 0 Å². The lowest BCUT2D eigenvalue weighted by Gasteiger charge is -2.12. The van der Waals surface area contributed by atoms with Crippen molar-refractivity contribution in [3.63, 3.8) is 0 Å². The molecule has 0 aromatic heterocycles. The van der Waals surface area contributed by atoms with Crippen LogP contribution in [0.4, 0.5) is 5.69 Å². The van der Waals surface area contributed by atoms with E-state index in [0.29, 0.717) is 28.4 Å². The zero-order chi connectivity index (χ0) is 19.5. The summed E-state index contributed by atoms with van der Waals surface area (Å²) in [6.45, 7) is 5.66. The van der Waals surface area contributed by atoms with Crippen LogP contribution in [-0.4, -0.2) is 24.9 Å². The van der Waals surface area contributed by atoms with E-state index < -0.39 is 0 Å². The van der Waals surface area contributed by atoms with Crippen LogP contribution < -0.4 is 11.5 Å². The van der Waals surface area contributed by atoms with Gasteiger partial charge in [0.1, 0.15) is 0 Å². The fraction of sp³-hybridized carbons (Fsp3) is 0.238. The van der Waals surface area contributed by atoms with Gasteiger partial charge in [0, 0.05) is 36.0 Å². The van der Waals surface area contributed by atoms with Crippen LogP contribution in [-0.2, 0) is 6.42 Å². The topological polar surface area (TPSA) is 88.2 Å². The number of nitrogens with two attached hydrogens (primary N) is 2. The maximum atomic E-state index is 8.47. The minimum atomic E-state index is 0.324. The molecule has 26 heavy (non-hydrogen) atoms. The summed E-state index contributed by atoms with van der Waals surface area (Å²) < 4.78 is 0. The van der Waals surface area contributed by atoms with Crippen LogP contribution in [0, 0.1) is 5.41 Å². The maximum Gasteiger partial charge on any atom is 0.0720 e. The van der Waals surface area contributed by atoms with E-state index in [9.17, 15) is 0 Å². The van der Waals surface area contributed by atoms with Crippen molar-refractivity contribution < 1.29 is 0 Å². The van der Waals surface area contributed by atoms with E-state index in [1.165, 1.54) is 0 Å². The highest BCUT2D eigenvalue weighted by molar-refractivity contribution is 6.24. The molecule has 0 unspecified atom stereocenters. The number of hydrogen-bond donors (Lipinski definition) is 3. The first-order valence-corrected chi connectivity index (χ1v) is 8.88. The van der Waals surface area contributed by atoms with Gasteiger partial charge in [0.05, 0.1) is 5.71 Å². The first-order chi connectivity index (χ1) is 12.5. The lowest BCUT2D eigenvalue weighted by atomic mass is 9.95. The Morgan fingerprint density at radius 1 is 1.38 bits per heavy atom. The van der Waals surface area contributed by atoms with Gasteiger partial charge < -0.3 is 11.5 Å². The minimum Gasteiger partial charge on any atom is -0.404 e. The molecule has 0 fully saturated rings. The maximum absolute atomic E-state index is 8.47. The normalized spacial score (nSPS) is 13.3. The Morgan fingerprint density at radius 2 is 2.12 bits per heavy atom. The Labute approximate surface area is 161 Å². The van der Waals surface area contributed by atoms with E-state index in [0.717, 1.165) is 29.6 Å². The van der Waals surface area contributed by atoms with Crippen molar-refractivity contribution in [1.82, 2.24) is 0 Å². The number of halogens is 1. The zero-order valence-electron chi connectivity index (χ0n) is 15.4. The van der Waals surface area contributed by atoms with Crippen molar-refractivity contribution in [3.8, 4) is 0 Å². The van der Waals surface area contributed by atoms with Crippen LogP contribution in [0.1, 0.15) is 24.5 Å². The average Bonchev–Trinajstić information content (AvgIpc) is 2.64. The Bertz CT molecular complexity index is 770. The molecule has 1 aromatic rings. The second-order valence-electron chi connectivity index (χ2n) is 5.77. The number of benzene rings is 1. The van der Waals surface area contributed by atoms with Crippen LogP contribution in [0.15, 0.2) is 70.9 Å². The molecule has 0 saturated heterocycles. The van der Waals surface area contributed by atoms with E-state index >= 15 is 0 Å². The lowest BCUT2D eigenvalue weighted by molar-refractivity contribution is 0.943. The van der Waals surface area contributed by atoms with E-state index in [-0.39, 0.29) is 0 Å². The van der Waals surface area contributed by atoms with E-state index in [1.807, 2.05) is 31.2 Å². The summed E-state index contributed by atoms with van der Waals surface area (Å²) in [6, 6.07) is 5.78.